The minimum atomic E-state index is -2.42. The predicted molar refractivity (Wildman–Crippen MR) is 143 cm³/mol. The zero-order valence-corrected chi connectivity index (χ0v) is 22.1. The van der Waals surface area contributed by atoms with Crippen LogP contribution in [0.3, 0.4) is 0 Å². The third kappa shape index (κ3) is 5.18. The average molecular weight is 463 g/mol. The van der Waals surface area contributed by atoms with Crippen molar-refractivity contribution in [2.24, 2.45) is 0 Å². The van der Waals surface area contributed by atoms with Crippen LogP contribution >= 0.6 is 7.26 Å². The first-order valence-corrected chi connectivity index (χ1v) is 13.9. The smallest absolute Gasteiger partial charge is 0.114 e. The van der Waals surface area contributed by atoms with Crippen LogP contribution in [0.1, 0.15) is 66.0 Å². The molecular weight excluding hydrogens is 423 g/mol. The second kappa shape index (κ2) is 9.61. The highest BCUT2D eigenvalue weighted by Gasteiger charge is 2.48. The summed E-state index contributed by atoms with van der Waals surface area (Å²) in [5.41, 5.74) is 1.64. The van der Waals surface area contributed by atoms with Crippen LogP contribution in [0.15, 0.2) is 72.8 Å². The van der Waals surface area contributed by atoms with Crippen molar-refractivity contribution in [2.45, 2.75) is 71.8 Å². The van der Waals surface area contributed by atoms with E-state index in [1.54, 1.807) is 0 Å². The van der Waals surface area contributed by atoms with Crippen molar-refractivity contribution in [3.63, 3.8) is 0 Å². The van der Waals surface area contributed by atoms with Crippen LogP contribution in [0.4, 0.5) is 0 Å². The van der Waals surface area contributed by atoms with E-state index in [1.165, 1.54) is 5.56 Å². The average Bonchev–Trinajstić information content (AvgIpc) is 2.77. The number of aliphatic hydroxyl groups excluding tert-OH is 1. The third-order valence-electron chi connectivity index (χ3n) is 6.50. The van der Waals surface area contributed by atoms with E-state index in [0.717, 1.165) is 21.5 Å². The van der Waals surface area contributed by atoms with Crippen molar-refractivity contribution < 1.29 is 10.2 Å². The lowest BCUT2D eigenvalue weighted by Crippen LogP contribution is -2.39. The van der Waals surface area contributed by atoms with E-state index < -0.39 is 13.4 Å². The standard InChI is InChI=1S/C30H39O2P/c1-8-23(31)21-33(24-15-11-9-12-16-24,25-17-13-10-14-18-25)27-20-22(29(2,3)4)19-26(28(27)32)30(5,6)7/h9-20,23,31H,8,21H2,1-7H3. The summed E-state index contributed by atoms with van der Waals surface area (Å²) in [6, 6.07) is 25.1. The monoisotopic (exact) mass is 462 g/mol. The van der Waals surface area contributed by atoms with Gasteiger partial charge >= 0.3 is 0 Å². The predicted octanol–water partition coefficient (Wildman–Crippen LogP) is 5.42. The van der Waals surface area contributed by atoms with E-state index in [4.69, 9.17) is 0 Å². The van der Waals surface area contributed by atoms with Crippen molar-refractivity contribution in [1.29, 1.82) is 0 Å². The Labute approximate surface area is 201 Å². The lowest BCUT2D eigenvalue weighted by molar-refractivity contribution is -0.268. The molecule has 1 unspecified atom stereocenters. The Balaban J connectivity index is 2.52. The molecule has 1 N–H and O–H groups in total. The fourth-order valence-corrected chi connectivity index (χ4v) is 8.99. The Morgan fingerprint density at radius 1 is 0.788 bits per heavy atom. The normalized spacial score (nSPS) is 13.7. The molecule has 0 saturated carbocycles. The zero-order chi connectivity index (χ0) is 24.4. The summed E-state index contributed by atoms with van der Waals surface area (Å²) in [5, 5.41) is 28.5. The first-order chi connectivity index (χ1) is 15.4. The molecule has 2 nitrogen and oxygen atoms in total. The lowest BCUT2D eigenvalue weighted by atomic mass is 9.80. The fourth-order valence-electron chi connectivity index (χ4n) is 4.43. The highest BCUT2D eigenvalue weighted by molar-refractivity contribution is 7.95. The Morgan fingerprint density at radius 2 is 1.27 bits per heavy atom. The maximum atomic E-state index is 14.3. The Morgan fingerprint density at radius 3 is 1.67 bits per heavy atom. The van der Waals surface area contributed by atoms with Gasteiger partial charge in [0.1, 0.15) is 17.9 Å². The van der Waals surface area contributed by atoms with Gasteiger partial charge in [-0.25, -0.2) is 0 Å². The molecule has 0 aliphatic heterocycles. The summed E-state index contributed by atoms with van der Waals surface area (Å²) < 4.78 is 0. The molecule has 3 aromatic rings. The molecule has 0 amide bonds. The summed E-state index contributed by atoms with van der Waals surface area (Å²) in [6.07, 6.45) is 0.722. The van der Waals surface area contributed by atoms with Crippen LogP contribution in [0.25, 0.3) is 0 Å². The van der Waals surface area contributed by atoms with Crippen molar-refractivity contribution in [3.05, 3.63) is 83.9 Å². The second-order valence-electron chi connectivity index (χ2n) is 11.1. The van der Waals surface area contributed by atoms with Gasteiger partial charge in [-0.15, -0.1) is 0 Å². The molecule has 3 rings (SSSR count). The van der Waals surface area contributed by atoms with Crippen molar-refractivity contribution in [1.82, 2.24) is 0 Å². The van der Waals surface area contributed by atoms with Gasteiger partial charge in [0.25, 0.3) is 0 Å². The SMILES string of the molecule is CCC(O)C[P+](c1ccccc1)(c1ccccc1)c1cc(C(C)(C)C)cc(C(C)(C)C)c1[O-]. The van der Waals surface area contributed by atoms with Crippen LogP contribution in [-0.2, 0) is 10.8 Å². The van der Waals surface area contributed by atoms with Gasteiger partial charge < -0.3 is 10.2 Å². The fraction of sp³-hybridized carbons (Fsp3) is 0.400. The maximum absolute atomic E-state index is 14.3. The summed E-state index contributed by atoms with van der Waals surface area (Å²) in [7, 11) is -2.42. The number of hydrogen-bond acceptors (Lipinski definition) is 2. The largest absolute Gasteiger partial charge is 0.870 e. The molecule has 0 radical (unpaired) electrons. The van der Waals surface area contributed by atoms with E-state index in [2.05, 4.69) is 77.9 Å². The minimum absolute atomic E-state index is 0.102. The highest BCUT2D eigenvalue weighted by atomic mass is 31.2. The molecule has 176 valence electrons. The molecule has 0 aliphatic carbocycles. The third-order valence-corrected chi connectivity index (χ3v) is 11.0. The molecular formula is C30H39O2P. The molecule has 1 atom stereocenters. The summed E-state index contributed by atoms with van der Waals surface area (Å²) >= 11 is 0. The maximum Gasteiger partial charge on any atom is 0.114 e. The van der Waals surface area contributed by atoms with E-state index in [-0.39, 0.29) is 16.6 Å². The van der Waals surface area contributed by atoms with E-state index >= 15 is 0 Å². The molecule has 0 bridgehead atoms. The number of aliphatic hydroxyl groups is 1. The van der Waals surface area contributed by atoms with Crippen LogP contribution in [0.5, 0.6) is 5.75 Å². The molecule has 3 heteroatoms. The van der Waals surface area contributed by atoms with Gasteiger partial charge in [0, 0.05) is 0 Å². The Kier molecular flexibility index (Phi) is 7.42. The van der Waals surface area contributed by atoms with Gasteiger partial charge in [-0.05, 0) is 58.7 Å². The van der Waals surface area contributed by atoms with Crippen molar-refractivity contribution in [3.8, 4) is 5.75 Å². The summed E-state index contributed by atoms with van der Waals surface area (Å²) in [4.78, 5) is 0. The second-order valence-corrected chi connectivity index (χ2v) is 14.6. The molecule has 0 aromatic heterocycles. The molecule has 0 saturated heterocycles. The molecule has 3 aromatic carbocycles. The zero-order valence-electron chi connectivity index (χ0n) is 21.2. The number of rotatable bonds is 6. The summed E-state index contributed by atoms with van der Waals surface area (Å²) in [6.45, 7) is 15.0. The van der Waals surface area contributed by atoms with Gasteiger partial charge in [-0.1, -0.05) is 96.7 Å². The van der Waals surface area contributed by atoms with Crippen LogP contribution < -0.4 is 21.0 Å². The number of hydrogen-bond donors (Lipinski definition) is 1. The quantitative estimate of drug-likeness (QED) is 0.497. The van der Waals surface area contributed by atoms with E-state index in [0.29, 0.717) is 12.6 Å². The van der Waals surface area contributed by atoms with Gasteiger partial charge in [-0.2, -0.15) is 0 Å². The topological polar surface area (TPSA) is 43.3 Å². The van der Waals surface area contributed by atoms with Gasteiger partial charge in [-0.3, -0.25) is 0 Å². The highest BCUT2D eigenvalue weighted by Crippen LogP contribution is 2.58. The minimum Gasteiger partial charge on any atom is -0.870 e. The van der Waals surface area contributed by atoms with E-state index in [1.807, 2.05) is 43.3 Å². The van der Waals surface area contributed by atoms with Gasteiger partial charge in [0.2, 0.25) is 0 Å². The van der Waals surface area contributed by atoms with E-state index in [9.17, 15) is 10.2 Å². The van der Waals surface area contributed by atoms with Crippen LogP contribution in [0, 0.1) is 0 Å². The Bertz CT molecular complexity index is 1020. The van der Waals surface area contributed by atoms with Gasteiger partial charge in [0.05, 0.1) is 17.6 Å². The molecule has 0 spiro atoms. The van der Waals surface area contributed by atoms with Crippen LogP contribution in [-0.4, -0.2) is 17.4 Å². The molecule has 0 fully saturated rings. The Hall–Kier alpha value is -2.15. The summed E-state index contributed by atoms with van der Waals surface area (Å²) in [5.74, 6) is 0.125. The molecule has 33 heavy (non-hydrogen) atoms. The molecule has 0 aliphatic rings. The van der Waals surface area contributed by atoms with Crippen molar-refractivity contribution in [2.75, 3.05) is 6.16 Å². The number of benzene rings is 3. The van der Waals surface area contributed by atoms with Crippen molar-refractivity contribution >= 4 is 23.2 Å². The van der Waals surface area contributed by atoms with Gasteiger partial charge in [0.15, 0.2) is 0 Å². The first-order valence-electron chi connectivity index (χ1n) is 11.9. The first kappa shape index (κ1) is 25.5. The van der Waals surface area contributed by atoms with Crippen LogP contribution in [0.2, 0.25) is 0 Å². The lowest BCUT2D eigenvalue weighted by Gasteiger charge is -2.37. The molecule has 0 heterocycles.